The van der Waals surface area contributed by atoms with Gasteiger partial charge in [0.25, 0.3) is 0 Å². The van der Waals surface area contributed by atoms with Gasteiger partial charge in [-0.1, -0.05) is 0 Å². The zero-order valence-corrected chi connectivity index (χ0v) is 9.44. The van der Waals surface area contributed by atoms with Gasteiger partial charge < -0.3 is 15.0 Å². The summed E-state index contributed by atoms with van der Waals surface area (Å²) in [6.07, 6.45) is 5.28. The van der Waals surface area contributed by atoms with E-state index >= 15 is 0 Å². The highest BCUT2D eigenvalue weighted by molar-refractivity contribution is 5.72. The summed E-state index contributed by atoms with van der Waals surface area (Å²) in [6, 6.07) is 0.633. The topological polar surface area (TPSA) is 50.3 Å². The smallest absolute Gasteiger partial charge is 0.242 e. The predicted octanol–water partition coefficient (Wildman–Crippen LogP) is 1.27. The number of ether oxygens (including phenoxy) is 1. The van der Waals surface area contributed by atoms with Crippen molar-refractivity contribution in [3.63, 3.8) is 0 Å². The molecule has 1 fully saturated rings. The molecule has 2 aliphatic rings. The number of hydrogen-bond donors (Lipinski definition) is 1. The van der Waals surface area contributed by atoms with Gasteiger partial charge in [-0.3, -0.25) is 0 Å². The van der Waals surface area contributed by atoms with E-state index in [1.54, 1.807) is 13.4 Å². The molecule has 0 aliphatic carbocycles. The van der Waals surface area contributed by atoms with E-state index in [9.17, 15) is 0 Å². The Balaban J connectivity index is 2.07. The Morgan fingerprint density at radius 3 is 3.25 bits per heavy atom. The van der Waals surface area contributed by atoms with Crippen molar-refractivity contribution in [3.05, 3.63) is 6.33 Å². The van der Waals surface area contributed by atoms with Crippen molar-refractivity contribution in [3.8, 4) is 5.88 Å². The molecule has 0 radical (unpaired) electrons. The average Bonchev–Trinajstić information content (AvgIpc) is 2.71. The summed E-state index contributed by atoms with van der Waals surface area (Å²) in [5, 5.41) is 3.38. The SMILES string of the molecule is COc1ncnc2c1NCCC1CCCN21. The second-order valence-corrected chi connectivity index (χ2v) is 4.29. The molecule has 1 aromatic rings. The molecule has 1 atom stereocenters. The van der Waals surface area contributed by atoms with Crippen molar-refractivity contribution in [1.29, 1.82) is 0 Å². The van der Waals surface area contributed by atoms with Crippen LogP contribution in [0.3, 0.4) is 0 Å². The maximum atomic E-state index is 5.28. The van der Waals surface area contributed by atoms with Crippen molar-refractivity contribution in [2.24, 2.45) is 0 Å². The Bertz CT molecular complexity index is 396. The first-order valence-electron chi connectivity index (χ1n) is 5.79. The molecule has 1 aromatic heterocycles. The lowest BCUT2D eigenvalue weighted by atomic mass is 10.1. The summed E-state index contributed by atoms with van der Waals surface area (Å²) in [5.74, 6) is 1.66. The highest BCUT2D eigenvalue weighted by atomic mass is 16.5. The Hall–Kier alpha value is -1.52. The Morgan fingerprint density at radius 2 is 2.38 bits per heavy atom. The summed E-state index contributed by atoms with van der Waals surface area (Å²) >= 11 is 0. The molecule has 5 heteroatoms. The molecule has 5 nitrogen and oxygen atoms in total. The lowest BCUT2D eigenvalue weighted by molar-refractivity contribution is 0.399. The minimum Gasteiger partial charge on any atom is -0.479 e. The van der Waals surface area contributed by atoms with Crippen molar-refractivity contribution in [1.82, 2.24) is 9.97 Å². The second-order valence-electron chi connectivity index (χ2n) is 4.29. The summed E-state index contributed by atoms with van der Waals surface area (Å²) < 4.78 is 5.28. The zero-order chi connectivity index (χ0) is 11.0. The standard InChI is InChI=1S/C11H16N4O/c1-16-11-9-10(13-7-14-11)15-6-2-3-8(15)4-5-12-9/h7-8,12H,2-6H2,1H3. The normalized spacial score (nSPS) is 23.1. The highest BCUT2D eigenvalue weighted by Crippen LogP contribution is 2.37. The van der Waals surface area contributed by atoms with Gasteiger partial charge in [0, 0.05) is 19.1 Å². The first-order valence-corrected chi connectivity index (χ1v) is 5.79. The number of rotatable bonds is 1. The molecule has 3 rings (SSSR count). The molecule has 2 aliphatic heterocycles. The van der Waals surface area contributed by atoms with Gasteiger partial charge in [0.05, 0.1) is 7.11 Å². The Morgan fingerprint density at radius 1 is 1.44 bits per heavy atom. The van der Waals surface area contributed by atoms with E-state index in [1.807, 2.05) is 0 Å². The van der Waals surface area contributed by atoms with Gasteiger partial charge in [0.15, 0.2) is 5.82 Å². The lowest BCUT2D eigenvalue weighted by Gasteiger charge is -2.23. The lowest BCUT2D eigenvalue weighted by Crippen LogP contribution is -2.29. The molecule has 0 aromatic carbocycles. The molecule has 0 spiro atoms. The fraction of sp³-hybridized carbons (Fsp3) is 0.636. The van der Waals surface area contributed by atoms with Crippen LogP contribution in [0.25, 0.3) is 0 Å². The fourth-order valence-electron chi connectivity index (χ4n) is 2.67. The van der Waals surface area contributed by atoms with E-state index in [0.29, 0.717) is 11.9 Å². The van der Waals surface area contributed by atoms with Crippen LogP contribution < -0.4 is 15.0 Å². The number of anilines is 2. The van der Waals surface area contributed by atoms with Crippen LogP contribution in [-0.4, -0.2) is 36.2 Å². The van der Waals surface area contributed by atoms with Gasteiger partial charge in [-0.2, -0.15) is 4.98 Å². The number of nitrogens with one attached hydrogen (secondary N) is 1. The zero-order valence-electron chi connectivity index (χ0n) is 9.44. The monoisotopic (exact) mass is 220 g/mol. The van der Waals surface area contributed by atoms with Crippen molar-refractivity contribution >= 4 is 11.5 Å². The number of aromatic nitrogens is 2. The van der Waals surface area contributed by atoms with Gasteiger partial charge >= 0.3 is 0 Å². The molecule has 3 heterocycles. The third kappa shape index (κ3) is 1.38. The highest BCUT2D eigenvalue weighted by Gasteiger charge is 2.31. The summed E-state index contributed by atoms with van der Waals surface area (Å²) in [7, 11) is 1.65. The molecule has 1 saturated heterocycles. The summed E-state index contributed by atoms with van der Waals surface area (Å²) in [6.45, 7) is 2.07. The second kappa shape index (κ2) is 3.81. The molecule has 1 N–H and O–H groups in total. The summed E-state index contributed by atoms with van der Waals surface area (Å²) in [4.78, 5) is 10.9. The van der Waals surface area contributed by atoms with E-state index in [1.165, 1.54) is 19.3 Å². The molecule has 0 bridgehead atoms. The van der Waals surface area contributed by atoms with Gasteiger partial charge in [0.1, 0.15) is 12.0 Å². The van der Waals surface area contributed by atoms with Crippen LogP contribution in [0, 0.1) is 0 Å². The van der Waals surface area contributed by atoms with Crippen molar-refractivity contribution in [2.45, 2.75) is 25.3 Å². The number of fused-ring (bicyclic) bond motifs is 3. The van der Waals surface area contributed by atoms with Crippen LogP contribution >= 0.6 is 0 Å². The molecule has 1 unspecified atom stereocenters. The Kier molecular flexibility index (Phi) is 2.31. The molecule has 0 saturated carbocycles. The van der Waals surface area contributed by atoms with Crippen molar-refractivity contribution < 1.29 is 4.74 Å². The fourth-order valence-corrected chi connectivity index (χ4v) is 2.67. The molecule has 16 heavy (non-hydrogen) atoms. The van der Waals surface area contributed by atoms with E-state index in [4.69, 9.17) is 4.74 Å². The number of hydrogen-bond acceptors (Lipinski definition) is 5. The van der Waals surface area contributed by atoms with Crippen LogP contribution in [-0.2, 0) is 0 Å². The predicted molar refractivity (Wildman–Crippen MR) is 62.1 cm³/mol. The van der Waals surface area contributed by atoms with Crippen LogP contribution in [0.15, 0.2) is 6.33 Å². The first-order chi connectivity index (χ1) is 7.90. The molecular formula is C11H16N4O. The third-order valence-electron chi connectivity index (χ3n) is 3.41. The van der Waals surface area contributed by atoms with Gasteiger partial charge in [-0.25, -0.2) is 4.98 Å². The Labute approximate surface area is 94.8 Å². The first kappa shape index (κ1) is 9.69. The average molecular weight is 220 g/mol. The van der Waals surface area contributed by atoms with E-state index < -0.39 is 0 Å². The van der Waals surface area contributed by atoms with Gasteiger partial charge in [-0.05, 0) is 19.3 Å². The minimum atomic E-state index is 0.633. The quantitative estimate of drug-likeness (QED) is 0.772. The van der Waals surface area contributed by atoms with Crippen LogP contribution in [0.2, 0.25) is 0 Å². The largest absolute Gasteiger partial charge is 0.479 e. The minimum absolute atomic E-state index is 0.633. The molecule has 0 amide bonds. The number of nitrogens with zero attached hydrogens (tertiary/aromatic N) is 3. The number of methoxy groups -OCH3 is 1. The van der Waals surface area contributed by atoms with E-state index in [-0.39, 0.29) is 0 Å². The molecular weight excluding hydrogens is 204 g/mol. The van der Waals surface area contributed by atoms with E-state index in [0.717, 1.165) is 24.6 Å². The maximum absolute atomic E-state index is 5.28. The molecule has 86 valence electrons. The third-order valence-corrected chi connectivity index (χ3v) is 3.41. The van der Waals surface area contributed by atoms with Crippen LogP contribution in [0.1, 0.15) is 19.3 Å². The van der Waals surface area contributed by atoms with Crippen molar-refractivity contribution in [2.75, 3.05) is 30.4 Å². The summed E-state index contributed by atoms with van der Waals surface area (Å²) in [5.41, 5.74) is 0.953. The van der Waals surface area contributed by atoms with Crippen LogP contribution in [0.5, 0.6) is 5.88 Å². The van der Waals surface area contributed by atoms with Gasteiger partial charge in [-0.15, -0.1) is 0 Å². The van der Waals surface area contributed by atoms with E-state index in [2.05, 4.69) is 20.2 Å². The van der Waals surface area contributed by atoms with Crippen LogP contribution in [0.4, 0.5) is 11.5 Å². The van der Waals surface area contributed by atoms with Gasteiger partial charge in [0.2, 0.25) is 5.88 Å². The maximum Gasteiger partial charge on any atom is 0.242 e.